The molecule has 1 amide bonds. The third kappa shape index (κ3) is 3.32. The van der Waals surface area contributed by atoms with Crippen LogP contribution in [0.1, 0.15) is 32.4 Å². The number of carbonyl (C=O) groups excluding carboxylic acids is 1. The molecule has 0 aliphatic carbocycles. The Balaban J connectivity index is 1.80. The number of aromatic nitrogens is 2. The molecule has 0 spiro atoms. The third-order valence-electron chi connectivity index (χ3n) is 4.21. The van der Waals surface area contributed by atoms with Crippen LogP contribution in [0.2, 0.25) is 0 Å². The first-order chi connectivity index (χ1) is 11.6. The van der Waals surface area contributed by atoms with Crippen LogP contribution in [0.4, 0.5) is 16.6 Å². The fourth-order valence-corrected chi connectivity index (χ4v) is 2.76. The zero-order chi connectivity index (χ0) is 17.1. The number of carbonyl (C=O) groups is 1. The predicted octanol–water partition coefficient (Wildman–Crippen LogP) is 3.63. The van der Waals surface area contributed by atoms with Crippen LogP contribution in [0.25, 0.3) is 0 Å². The van der Waals surface area contributed by atoms with Gasteiger partial charge in [0.1, 0.15) is 12.4 Å². The van der Waals surface area contributed by atoms with Gasteiger partial charge in [0.15, 0.2) is 0 Å². The SMILES string of the molecule is CC(Nc1nccc(N2C(=O)OC[C@H]2C(C)C)n1)c1ccccc1. The molecule has 1 aliphatic rings. The average molecular weight is 326 g/mol. The molecule has 2 atom stereocenters. The second kappa shape index (κ2) is 6.86. The van der Waals surface area contributed by atoms with Gasteiger partial charge in [-0.2, -0.15) is 4.98 Å². The number of nitrogens with zero attached hydrogens (tertiary/aromatic N) is 3. The Morgan fingerprint density at radius 2 is 1.96 bits per heavy atom. The number of ether oxygens (including phenoxy) is 1. The summed E-state index contributed by atoms with van der Waals surface area (Å²) < 4.78 is 5.19. The monoisotopic (exact) mass is 326 g/mol. The standard InChI is InChI=1S/C18H22N4O2/c1-12(2)15-11-24-18(23)22(15)16-9-10-19-17(21-16)20-13(3)14-7-5-4-6-8-14/h4-10,12-13,15H,11H2,1-3H3,(H,19,20,21)/t13?,15-/m0/s1. The fraction of sp³-hybridized carbons (Fsp3) is 0.389. The van der Waals surface area contributed by atoms with Crippen LogP contribution in [0, 0.1) is 5.92 Å². The third-order valence-corrected chi connectivity index (χ3v) is 4.21. The van der Waals surface area contributed by atoms with Gasteiger partial charge >= 0.3 is 6.09 Å². The summed E-state index contributed by atoms with van der Waals surface area (Å²) in [5.41, 5.74) is 1.15. The van der Waals surface area contributed by atoms with E-state index in [1.807, 2.05) is 37.3 Å². The van der Waals surface area contributed by atoms with E-state index in [1.54, 1.807) is 17.2 Å². The Morgan fingerprint density at radius 1 is 1.21 bits per heavy atom. The van der Waals surface area contributed by atoms with Crippen LogP contribution < -0.4 is 10.2 Å². The van der Waals surface area contributed by atoms with Crippen LogP contribution in [-0.4, -0.2) is 28.7 Å². The van der Waals surface area contributed by atoms with E-state index in [-0.39, 0.29) is 24.1 Å². The number of cyclic esters (lactones) is 1. The van der Waals surface area contributed by atoms with Gasteiger partial charge in [-0.3, -0.25) is 4.90 Å². The largest absolute Gasteiger partial charge is 0.447 e. The minimum atomic E-state index is -0.352. The van der Waals surface area contributed by atoms with Gasteiger partial charge in [-0.15, -0.1) is 0 Å². The highest BCUT2D eigenvalue weighted by Crippen LogP contribution is 2.26. The molecule has 1 saturated heterocycles. The molecule has 0 saturated carbocycles. The lowest BCUT2D eigenvalue weighted by Crippen LogP contribution is -2.37. The number of rotatable bonds is 5. The van der Waals surface area contributed by atoms with Crippen LogP contribution in [0.3, 0.4) is 0 Å². The number of hydrogen-bond donors (Lipinski definition) is 1. The molecule has 1 N–H and O–H groups in total. The van der Waals surface area contributed by atoms with E-state index in [9.17, 15) is 4.79 Å². The van der Waals surface area contributed by atoms with Gasteiger partial charge in [-0.1, -0.05) is 44.2 Å². The van der Waals surface area contributed by atoms with Crippen LogP contribution >= 0.6 is 0 Å². The van der Waals surface area contributed by atoms with Crippen molar-refractivity contribution in [2.45, 2.75) is 32.9 Å². The minimum absolute atomic E-state index is 0.00760. The van der Waals surface area contributed by atoms with Gasteiger partial charge in [-0.05, 0) is 24.5 Å². The quantitative estimate of drug-likeness (QED) is 0.909. The van der Waals surface area contributed by atoms with Crippen molar-refractivity contribution in [1.29, 1.82) is 0 Å². The predicted molar refractivity (Wildman–Crippen MR) is 93.0 cm³/mol. The first-order valence-corrected chi connectivity index (χ1v) is 8.17. The molecule has 24 heavy (non-hydrogen) atoms. The van der Waals surface area contributed by atoms with Gasteiger partial charge in [0.2, 0.25) is 5.95 Å². The summed E-state index contributed by atoms with van der Waals surface area (Å²) in [6.45, 7) is 6.57. The van der Waals surface area contributed by atoms with Gasteiger partial charge in [-0.25, -0.2) is 9.78 Å². The maximum Gasteiger partial charge on any atom is 0.415 e. The molecule has 0 radical (unpaired) electrons. The Morgan fingerprint density at radius 3 is 2.67 bits per heavy atom. The van der Waals surface area contributed by atoms with E-state index >= 15 is 0 Å². The molecule has 1 aliphatic heterocycles. The highest BCUT2D eigenvalue weighted by molar-refractivity contribution is 5.89. The fourth-order valence-electron chi connectivity index (χ4n) is 2.76. The average Bonchev–Trinajstić information content (AvgIpc) is 2.98. The molecule has 1 aromatic carbocycles. The summed E-state index contributed by atoms with van der Waals surface area (Å²) in [7, 11) is 0. The van der Waals surface area contributed by atoms with E-state index in [1.165, 1.54) is 0 Å². The minimum Gasteiger partial charge on any atom is -0.447 e. The maximum atomic E-state index is 12.1. The molecule has 2 aromatic rings. The lowest BCUT2D eigenvalue weighted by molar-refractivity contribution is 0.177. The lowest BCUT2D eigenvalue weighted by atomic mass is 10.0. The molecule has 1 unspecified atom stereocenters. The number of benzene rings is 1. The first-order valence-electron chi connectivity index (χ1n) is 8.17. The van der Waals surface area contributed by atoms with Crippen molar-refractivity contribution in [2.75, 3.05) is 16.8 Å². The number of nitrogens with one attached hydrogen (secondary N) is 1. The number of anilines is 2. The molecule has 6 heteroatoms. The first kappa shape index (κ1) is 16.2. The van der Waals surface area contributed by atoms with Crippen molar-refractivity contribution in [3.05, 3.63) is 48.2 Å². The normalized spacial score (nSPS) is 18.6. The van der Waals surface area contributed by atoms with E-state index in [0.29, 0.717) is 18.4 Å². The molecular formula is C18H22N4O2. The van der Waals surface area contributed by atoms with Crippen molar-refractivity contribution >= 4 is 17.9 Å². The molecule has 3 rings (SSSR count). The summed E-state index contributed by atoms with van der Waals surface area (Å²) in [5, 5.41) is 3.28. The maximum absolute atomic E-state index is 12.1. The van der Waals surface area contributed by atoms with E-state index in [4.69, 9.17) is 4.74 Å². The summed E-state index contributed by atoms with van der Waals surface area (Å²) in [4.78, 5) is 22.5. The second-order valence-electron chi connectivity index (χ2n) is 6.27. The Bertz CT molecular complexity index is 705. The zero-order valence-corrected chi connectivity index (χ0v) is 14.1. The number of amides is 1. The van der Waals surface area contributed by atoms with Crippen molar-refractivity contribution in [3.8, 4) is 0 Å². The summed E-state index contributed by atoms with van der Waals surface area (Å²) in [6.07, 6.45) is 1.31. The van der Waals surface area contributed by atoms with Crippen molar-refractivity contribution < 1.29 is 9.53 Å². The van der Waals surface area contributed by atoms with E-state index in [0.717, 1.165) is 5.56 Å². The topological polar surface area (TPSA) is 67.4 Å². The van der Waals surface area contributed by atoms with Gasteiger partial charge < -0.3 is 10.1 Å². The van der Waals surface area contributed by atoms with Gasteiger partial charge in [0.25, 0.3) is 0 Å². The van der Waals surface area contributed by atoms with Crippen molar-refractivity contribution in [1.82, 2.24) is 9.97 Å². The molecule has 1 fully saturated rings. The number of hydrogen-bond acceptors (Lipinski definition) is 5. The lowest BCUT2D eigenvalue weighted by Gasteiger charge is -2.23. The zero-order valence-electron chi connectivity index (χ0n) is 14.1. The summed E-state index contributed by atoms with van der Waals surface area (Å²) in [6, 6.07) is 11.9. The van der Waals surface area contributed by atoms with Gasteiger partial charge in [0, 0.05) is 6.20 Å². The summed E-state index contributed by atoms with van der Waals surface area (Å²) in [5.74, 6) is 1.34. The van der Waals surface area contributed by atoms with Crippen LogP contribution in [-0.2, 0) is 4.74 Å². The van der Waals surface area contributed by atoms with Crippen molar-refractivity contribution in [2.24, 2.45) is 5.92 Å². The summed E-state index contributed by atoms with van der Waals surface area (Å²) >= 11 is 0. The highest BCUT2D eigenvalue weighted by atomic mass is 16.6. The molecule has 2 heterocycles. The van der Waals surface area contributed by atoms with E-state index < -0.39 is 0 Å². The van der Waals surface area contributed by atoms with Crippen LogP contribution in [0.5, 0.6) is 0 Å². The molecule has 6 nitrogen and oxygen atoms in total. The highest BCUT2D eigenvalue weighted by Gasteiger charge is 2.37. The Labute approximate surface area is 141 Å². The Kier molecular flexibility index (Phi) is 4.64. The molecule has 126 valence electrons. The molecule has 1 aromatic heterocycles. The van der Waals surface area contributed by atoms with Crippen LogP contribution in [0.15, 0.2) is 42.6 Å². The second-order valence-corrected chi connectivity index (χ2v) is 6.27. The smallest absolute Gasteiger partial charge is 0.415 e. The van der Waals surface area contributed by atoms with E-state index in [2.05, 4.69) is 29.1 Å². The Hall–Kier alpha value is -2.63. The molecule has 0 bridgehead atoms. The van der Waals surface area contributed by atoms with Gasteiger partial charge in [0.05, 0.1) is 12.1 Å². The van der Waals surface area contributed by atoms with Crippen molar-refractivity contribution in [3.63, 3.8) is 0 Å². The molecular weight excluding hydrogens is 304 g/mol.